The van der Waals surface area contributed by atoms with Crippen LogP contribution in [0.5, 0.6) is 11.5 Å². The lowest BCUT2D eigenvalue weighted by Crippen LogP contribution is -2.36. The number of nitrogens with zero attached hydrogens (tertiary/aromatic N) is 1. The summed E-state index contributed by atoms with van der Waals surface area (Å²) in [6, 6.07) is 10.4. The summed E-state index contributed by atoms with van der Waals surface area (Å²) in [5, 5.41) is 3.35. The molecule has 1 aliphatic heterocycles. The predicted molar refractivity (Wildman–Crippen MR) is 95.4 cm³/mol. The predicted octanol–water partition coefficient (Wildman–Crippen LogP) is 3.37. The molecule has 7 heteroatoms. The minimum absolute atomic E-state index is 0.124. The van der Waals surface area contributed by atoms with Crippen LogP contribution in [0.25, 0.3) is 0 Å². The summed E-state index contributed by atoms with van der Waals surface area (Å²) in [5.41, 5.74) is 1.95. The van der Waals surface area contributed by atoms with Gasteiger partial charge in [-0.3, -0.25) is 9.59 Å². The Balaban J connectivity index is 1.77. The Hall–Kier alpha value is -2.73. The SMILES string of the molecule is CC(=O)N(CC(=O)Nc1cccc(Cl)c1C)c1ccc2c(c1)OCO2. The molecule has 0 atom stereocenters. The van der Waals surface area contributed by atoms with Gasteiger partial charge >= 0.3 is 0 Å². The number of carbonyl (C=O) groups is 2. The minimum atomic E-state index is -0.321. The summed E-state index contributed by atoms with van der Waals surface area (Å²) in [6.07, 6.45) is 0. The first kappa shape index (κ1) is 17.1. The molecule has 0 radical (unpaired) electrons. The number of amides is 2. The van der Waals surface area contributed by atoms with Gasteiger partial charge in [-0.1, -0.05) is 17.7 Å². The van der Waals surface area contributed by atoms with Crippen molar-refractivity contribution in [1.29, 1.82) is 0 Å². The number of benzene rings is 2. The molecule has 0 bridgehead atoms. The topological polar surface area (TPSA) is 67.9 Å². The summed E-state index contributed by atoms with van der Waals surface area (Å²) in [6.45, 7) is 3.25. The fourth-order valence-electron chi connectivity index (χ4n) is 2.51. The van der Waals surface area contributed by atoms with E-state index in [1.807, 2.05) is 6.92 Å². The second kappa shape index (κ2) is 7.03. The van der Waals surface area contributed by atoms with Gasteiger partial charge in [-0.25, -0.2) is 0 Å². The Bertz CT molecular complexity index is 838. The number of halogens is 1. The molecule has 0 unspecified atom stereocenters. The summed E-state index contributed by atoms with van der Waals surface area (Å²) in [4.78, 5) is 25.8. The van der Waals surface area contributed by atoms with E-state index in [2.05, 4.69) is 5.32 Å². The lowest BCUT2D eigenvalue weighted by molar-refractivity contribution is -0.120. The summed E-state index contributed by atoms with van der Waals surface area (Å²) < 4.78 is 10.6. The molecule has 3 rings (SSSR count). The van der Waals surface area contributed by atoms with Crippen molar-refractivity contribution in [3.8, 4) is 11.5 Å². The molecule has 0 aromatic heterocycles. The fraction of sp³-hybridized carbons (Fsp3) is 0.222. The number of fused-ring (bicyclic) bond motifs is 1. The van der Waals surface area contributed by atoms with Crippen molar-refractivity contribution in [3.05, 3.63) is 47.0 Å². The van der Waals surface area contributed by atoms with Crippen LogP contribution >= 0.6 is 11.6 Å². The number of rotatable bonds is 4. The summed E-state index contributed by atoms with van der Waals surface area (Å²) in [7, 11) is 0. The highest BCUT2D eigenvalue weighted by atomic mass is 35.5. The average molecular weight is 361 g/mol. The van der Waals surface area contributed by atoms with E-state index in [4.69, 9.17) is 21.1 Å². The Kier molecular flexibility index (Phi) is 4.81. The van der Waals surface area contributed by atoms with Gasteiger partial charge in [0, 0.05) is 29.4 Å². The Morgan fingerprint density at radius 1 is 1.20 bits per heavy atom. The highest BCUT2D eigenvalue weighted by molar-refractivity contribution is 6.31. The van der Waals surface area contributed by atoms with E-state index < -0.39 is 0 Å². The monoisotopic (exact) mass is 360 g/mol. The van der Waals surface area contributed by atoms with E-state index in [9.17, 15) is 9.59 Å². The first-order valence-electron chi connectivity index (χ1n) is 7.68. The van der Waals surface area contributed by atoms with Gasteiger partial charge < -0.3 is 19.7 Å². The summed E-state index contributed by atoms with van der Waals surface area (Å²) >= 11 is 6.06. The first-order chi connectivity index (χ1) is 12.0. The van der Waals surface area contributed by atoms with Crippen LogP contribution in [0.3, 0.4) is 0 Å². The zero-order chi connectivity index (χ0) is 18.0. The highest BCUT2D eigenvalue weighted by Crippen LogP contribution is 2.35. The van der Waals surface area contributed by atoms with Crippen LogP contribution in [0.1, 0.15) is 12.5 Å². The fourth-order valence-corrected chi connectivity index (χ4v) is 2.69. The Labute approximate surface area is 150 Å². The number of carbonyl (C=O) groups excluding carboxylic acids is 2. The number of anilines is 2. The van der Waals surface area contributed by atoms with Crippen molar-refractivity contribution >= 4 is 34.8 Å². The molecule has 0 aliphatic carbocycles. The molecule has 6 nitrogen and oxygen atoms in total. The van der Waals surface area contributed by atoms with Gasteiger partial charge in [-0.15, -0.1) is 0 Å². The molecule has 1 heterocycles. The number of nitrogens with one attached hydrogen (secondary N) is 1. The molecule has 2 amide bonds. The lowest BCUT2D eigenvalue weighted by atomic mass is 10.2. The van der Waals surface area contributed by atoms with Gasteiger partial charge in [0.05, 0.1) is 0 Å². The van der Waals surface area contributed by atoms with E-state index in [1.54, 1.807) is 36.4 Å². The maximum Gasteiger partial charge on any atom is 0.244 e. The second-order valence-electron chi connectivity index (χ2n) is 5.60. The maximum atomic E-state index is 12.4. The van der Waals surface area contributed by atoms with E-state index in [0.29, 0.717) is 27.9 Å². The molecule has 2 aromatic carbocycles. The molecular formula is C18H17ClN2O4. The lowest BCUT2D eigenvalue weighted by Gasteiger charge is -2.21. The zero-order valence-electron chi connectivity index (χ0n) is 13.8. The number of hydrogen-bond acceptors (Lipinski definition) is 4. The van der Waals surface area contributed by atoms with Crippen LogP contribution in [0, 0.1) is 6.92 Å². The van der Waals surface area contributed by atoms with Crippen LogP contribution in [0.2, 0.25) is 5.02 Å². The van der Waals surface area contributed by atoms with Crippen LogP contribution in [-0.2, 0) is 9.59 Å². The van der Waals surface area contributed by atoms with Crippen molar-refractivity contribution in [1.82, 2.24) is 0 Å². The largest absolute Gasteiger partial charge is 0.454 e. The molecule has 25 heavy (non-hydrogen) atoms. The van der Waals surface area contributed by atoms with E-state index in [0.717, 1.165) is 5.56 Å². The summed E-state index contributed by atoms with van der Waals surface area (Å²) in [5.74, 6) is 0.594. The first-order valence-corrected chi connectivity index (χ1v) is 8.06. The molecule has 0 fully saturated rings. The van der Waals surface area contributed by atoms with Gasteiger partial charge in [-0.05, 0) is 36.8 Å². The molecule has 130 valence electrons. The third-order valence-electron chi connectivity index (χ3n) is 3.89. The van der Waals surface area contributed by atoms with Crippen LogP contribution in [0.4, 0.5) is 11.4 Å². The van der Waals surface area contributed by atoms with Crippen molar-refractivity contribution in [2.45, 2.75) is 13.8 Å². The average Bonchev–Trinajstić information content (AvgIpc) is 3.04. The van der Waals surface area contributed by atoms with Gasteiger partial charge in [0.1, 0.15) is 6.54 Å². The maximum absolute atomic E-state index is 12.4. The Morgan fingerprint density at radius 2 is 1.96 bits per heavy atom. The van der Waals surface area contributed by atoms with Crippen molar-refractivity contribution in [2.75, 3.05) is 23.6 Å². The van der Waals surface area contributed by atoms with E-state index in [1.165, 1.54) is 11.8 Å². The standard InChI is InChI=1S/C18H17ClN2O4/c1-11-14(19)4-3-5-15(11)20-18(23)9-21(12(2)22)13-6-7-16-17(8-13)25-10-24-16/h3-8H,9-10H2,1-2H3,(H,20,23). The van der Waals surface area contributed by atoms with E-state index in [-0.39, 0.29) is 25.2 Å². The van der Waals surface area contributed by atoms with Crippen LogP contribution < -0.4 is 19.7 Å². The molecule has 0 saturated carbocycles. The second-order valence-corrected chi connectivity index (χ2v) is 6.01. The smallest absolute Gasteiger partial charge is 0.244 e. The van der Waals surface area contributed by atoms with Crippen LogP contribution in [0.15, 0.2) is 36.4 Å². The van der Waals surface area contributed by atoms with Gasteiger partial charge in [0.25, 0.3) is 0 Å². The number of ether oxygens (including phenoxy) is 2. The van der Waals surface area contributed by atoms with Crippen molar-refractivity contribution in [3.63, 3.8) is 0 Å². The quantitative estimate of drug-likeness (QED) is 0.907. The van der Waals surface area contributed by atoms with Crippen LogP contribution in [-0.4, -0.2) is 25.2 Å². The molecule has 2 aromatic rings. The number of hydrogen-bond donors (Lipinski definition) is 1. The van der Waals surface area contributed by atoms with Crippen molar-refractivity contribution in [2.24, 2.45) is 0 Å². The molecule has 1 N–H and O–H groups in total. The van der Waals surface area contributed by atoms with Gasteiger partial charge in [-0.2, -0.15) is 0 Å². The highest BCUT2D eigenvalue weighted by Gasteiger charge is 2.20. The molecule has 1 aliphatic rings. The zero-order valence-corrected chi connectivity index (χ0v) is 14.6. The van der Waals surface area contributed by atoms with Gasteiger partial charge in [0.15, 0.2) is 11.5 Å². The molecular weight excluding hydrogens is 344 g/mol. The third kappa shape index (κ3) is 3.69. The molecule has 0 spiro atoms. The Morgan fingerprint density at radius 3 is 2.72 bits per heavy atom. The minimum Gasteiger partial charge on any atom is -0.454 e. The van der Waals surface area contributed by atoms with Crippen molar-refractivity contribution < 1.29 is 19.1 Å². The van der Waals surface area contributed by atoms with E-state index >= 15 is 0 Å². The van der Waals surface area contributed by atoms with Gasteiger partial charge in [0.2, 0.25) is 18.6 Å². The molecule has 0 saturated heterocycles. The normalized spacial score (nSPS) is 12.0. The third-order valence-corrected chi connectivity index (χ3v) is 4.30.